The normalized spacial score (nSPS) is 13.7. The molecule has 0 saturated heterocycles. The van der Waals surface area contributed by atoms with Crippen LogP contribution < -0.4 is 20.1 Å². The van der Waals surface area contributed by atoms with Crippen molar-refractivity contribution >= 4 is 35.6 Å². The number of nitrogens with one attached hydrogen (secondary N) is 2. The van der Waals surface area contributed by atoms with Gasteiger partial charge in [0.25, 0.3) is 0 Å². The highest BCUT2D eigenvalue weighted by molar-refractivity contribution is 14.0. The number of benzene rings is 1. The lowest BCUT2D eigenvalue weighted by molar-refractivity contribution is 0.297. The third-order valence-corrected chi connectivity index (χ3v) is 3.87. The van der Waals surface area contributed by atoms with Crippen LogP contribution in [0.3, 0.4) is 0 Å². The van der Waals surface area contributed by atoms with Crippen molar-refractivity contribution in [2.75, 3.05) is 31.6 Å². The number of fused-ring (bicyclic) bond motifs is 1. The molecular formula is C20H28IN3O3. The van der Waals surface area contributed by atoms with Gasteiger partial charge in [0.2, 0.25) is 0 Å². The number of rotatable bonds is 6. The Morgan fingerprint density at radius 1 is 1.15 bits per heavy atom. The van der Waals surface area contributed by atoms with Crippen LogP contribution in [0, 0.1) is 5.92 Å². The standard InChI is InChI=1S/C20H27N3O3.HI/c1-15(2)14-22-20(21-9-8-17-5-3-10-24-17)23-16-6-7-18-19(13-16)26-12-4-11-25-18;/h3,5-7,10,13,15H,4,8-9,11-12,14H2,1-2H3,(H2,21,22,23);1H. The molecule has 0 radical (unpaired) electrons. The lowest BCUT2D eigenvalue weighted by Gasteiger charge is -2.15. The van der Waals surface area contributed by atoms with Crippen LogP contribution >= 0.6 is 24.0 Å². The van der Waals surface area contributed by atoms with Crippen LogP contribution in [0.5, 0.6) is 11.5 Å². The molecule has 0 unspecified atom stereocenters. The molecule has 0 atom stereocenters. The maximum atomic E-state index is 5.76. The van der Waals surface area contributed by atoms with Crippen LogP contribution in [-0.4, -0.2) is 32.3 Å². The second-order valence-electron chi connectivity index (χ2n) is 6.68. The van der Waals surface area contributed by atoms with Gasteiger partial charge in [0, 0.05) is 37.7 Å². The average molecular weight is 485 g/mol. The van der Waals surface area contributed by atoms with Gasteiger partial charge in [0.05, 0.1) is 19.5 Å². The van der Waals surface area contributed by atoms with Crippen LogP contribution in [0.2, 0.25) is 0 Å². The molecule has 0 amide bonds. The SMILES string of the molecule is CC(C)CN=C(NCCc1ccco1)Nc1ccc2c(c1)OCCCO2.I. The van der Waals surface area contributed by atoms with E-state index in [9.17, 15) is 0 Å². The summed E-state index contributed by atoms with van der Waals surface area (Å²) in [5, 5.41) is 6.72. The molecule has 0 bridgehead atoms. The van der Waals surface area contributed by atoms with Crippen molar-refractivity contribution in [1.29, 1.82) is 0 Å². The van der Waals surface area contributed by atoms with E-state index in [0.717, 1.165) is 54.8 Å². The molecule has 1 aliphatic rings. The first-order valence-corrected chi connectivity index (χ1v) is 9.18. The zero-order valence-electron chi connectivity index (χ0n) is 15.9. The molecule has 0 spiro atoms. The van der Waals surface area contributed by atoms with Crippen molar-refractivity contribution in [2.45, 2.75) is 26.7 Å². The van der Waals surface area contributed by atoms with Crippen LogP contribution in [0.1, 0.15) is 26.0 Å². The topological polar surface area (TPSA) is 68.0 Å². The Hall–Kier alpha value is -1.90. The molecule has 27 heavy (non-hydrogen) atoms. The van der Waals surface area contributed by atoms with Crippen LogP contribution in [0.4, 0.5) is 5.69 Å². The summed E-state index contributed by atoms with van der Waals surface area (Å²) in [4.78, 5) is 4.66. The van der Waals surface area contributed by atoms with E-state index in [1.54, 1.807) is 6.26 Å². The second kappa shape index (κ2) is 11.1. The Morgan fingerprint density at radius 3 is 2.70 bits per heavy atom. The van der Waals surface area contributed by atoms with Gasteiger partial charge in [-0.05, 0) is 30.2 Å². The fourth-order valence-electron chi connectivity index (χ4n) is 2.55. The van der Waals surface area contributed by atoms with Crippen LogP contribution in [-0.2, 0) is 6.42 Å². The molecule has 0 saturated carbocycles. The third-order valence-electron chi connectivity index (χ3n) is 3.87. The molecule has 2 heterocycles. The first kappa shape index (κ1) is 21.4. The summed E-state index contributed by atoms with van der Waals surface area (Å²) in [5.74, 6) is 3.75. The minimum atomic E-state index is 0. The zero-order valence-corrected chi connectivity index (χ0v) is 18.2. The van der Waals surface area contributed by atoms with Crippen molar-refractivity contribution in [3.8, 4) is 11.5 Å². The summed E-state index contributed by atoms with van der Waals surface area (Å²) >= 11 is 0. The van der Waals surface area contributed by atoms with Crippen molar-refractivity contribution < 1.29 is 13.9 Å². The number of anilines is 1. The maximum Gasteiger partial charge on any atom is 0.195 e. The van der Waals surface area contributed by atoms with Gasteiger partial charge >= 0.3 is 0 Å². The van der Waals surface area contributed by atoms with Gasteiger partial charge in [-0.3, -0.25) is 4.99 Å². The first-order chi connectivity index (χ1) is 12.7. The molecule has 3 rings (SSSR count). The van der Waals surface area contributed by atoms with Crippen molar-refractivity contribution in [3.63, 3.8) is 0 Å². The van der Waals surface area contributed by atoms with Crippen molar-refractivity contribution in [3.05, 3.63) is 42.4 Å². The van der Waals surface area contributed by atoms with E-state index in [1.807, 2.05) is 30.3 Å². The fraction of sp³-hybridized carbons (Fsp3) is 0.450. The summed E-state index contributed by atoms with van der Waals surface area (Å²) in [6.45, 7) is 7.15. The summed E-state index contributed by atoms with van der Waals surface area (Å²) in [6.07, 6.45) is 3.39. The first-order valence-electron chi connectivity index (χ1n) is 9.18. The quantitative estimate of drug-likeness (QED) is 0.363. The predicted molar refractivity (Wildman–Crippen MR) is 119 cm³/mol. The van der Waals surface area contributed by atoms with E-state index in [2.05, 4.69) is 29.5 Å². The number of ether oxygens (including phenoxy) is 2. The molecule has 148 valence electrons. The van der Waals surface area contributed by atoms with Gasteiger partial charge in [0.15, 0.2) is 17.5 Å². The highest BCUT2D eigenvalue weighted by Crippen LogP contribution is 2.32. The van der Waals surface area contributed by atoms with Crippen LogP contribution in [0.15, 0.2) is 46.0 Å². The molecule has 7 heteroatoms. The van der Waals surface area contributed by atoms with Gasteiger partial charge in [-0.2, -0.15) is 0 Å². The molecule has 1 aromatic carbocycles. The smallest absolute Gasteiger partial charge is 0.195 e. The average Bonchev–Trinajstić information content (AvgIpc) is 3.03. The third kappa shape index (κ3) is 6.97. The minimum absolute atomic E-state index is 0. The Labute approximate surface area is 177 Å². The van der Waals surface area contributed by atoms with Crippen molar-refractivity contribution in [1.82, 2.24) is 5.32 Å². The van der Waals surface area contributed by atoms with E-state index in [4.69, 9.17) is 13.9 Å². The Balaban J connectivity index is 0.00000261. The van der Waals surface area contributed by atoms with E-state index >= 15 is 0 Å². The van der Waals surface area contributed by atoms with Gasteiger partial charge in [0.1, 0.15) is 5.76 Å². The lowest BCUT2D eigenvalue weighted by Crippen LogP contribution is -2.33. The van der Waals surface area contributed by atoms with Crippen molar-refractivity contribution in [2.24, 2.45) is 10.9 Å². The van der Waals surface area contributed by atoms with Crippen LogP contribution in [0.25, 0.3) is 0 Å². The Morgan fingerprint density at radius 2 is 1.96 bits per heavy atom. The molecule has 6 nitrogen and oxygen atoms in total. The number of hydrogen-bond donors (Lipinski definition) is 2. The Bertz CT molecular complexity index is 717. The van der Waals surface area contributed by atoms with Gasteiger partial charge in [-0.25, -0.2) is 0 Å². The van der Waals surface area contributed by atoms with Gasteiger partial charge < -0.3 is 24.5 Å². The van der Waals surface area contributed by atoms with E-state index in [-0.39, 0.29) is 24.0 Å². The molecule has 0 aliphatic carbocycles. The zero-order chi connectivity index (χ0) is 18.2. The molecule has 2 N–H and O–H groups in total. The Kier molecular flexibility index (Phi) is 8.77. The summed E-state index contributed by atoms with van der Waals surface area (Å²) in [5.41, 5.74) is 0.919. The fourth-order valence-corrected chi connectivity index (χ4v) is 2.55. The van der Waals surface area contributed by atoms with E-state index in [1.165, 1.54) is 0 Å². The van der Waals surface area contributed by atoms with E-state index in [0.29, 0.717) is 19.1 Å². The number of nitrogens with zero attached hydrogens (tertiary/aromatic N) is 1. The maximum absolute atomic E-state index is 5.76. The highest BCUT2D eigenvalue weighted by atomic mass is 127. The monoisotopic (exact) mass is 485 g/mol. The summed E-state index contributed by atoms with van der Waals surface area (Å²) < 4.78 is 16.8. The number of guanidine groups is 1. The molecule has 0 fully saturated rings. The summed E-state index contributed by atoms with van der Waals surface area (Å²) in [7, 11) is 0. The van der Waals surface area contributed by atoms with Gasteiger partial charge in [-0.15, -0.1) is 24.0 Å². The largest absolute Gasteiger partial charge is 0.490 e. The minimum Gasteiger partial charge on any atom is -0.490 e. The van der Waals surface area contributed by atoms with E-state index < -0.39 is 0 Å². The molecule has 2 aromatic rings. The molecule has 1 aliphatic heterocycles. The molecular weight excluding hydrogens is 457 g/mol. The number of aliphatic imine (C=N–C) groups is 1. The predicted octanol–water partition coefficient (Wildman–Crippen LogP) is 4.32. The molecule has 1 aromatic heterocycles. The lowest BCUT2D eigenvalue weighted by atomic mass is 10.2. The highest BCUT2D eigenvalue weighted by Gasteiger charge is 2.11. The number of halogens is 1. The number of hydrogen-bond acceptors (Lipinski definition) is 4. The second-order valence-corrected chi connectivity index (χ2v) is 6.68. The van der Waals surface area contributed by atoms with Gasteiger partial charge in [-0.1, -0.05) is 13.8 Å². The summed E-state index contributed by atoms with van der Waals surface area (Å²) in [6, 6.07) is 9.75. The number of furan rings is 1.